The molecule has 0 aliphatic carbocycles. The fraction of sp³-hybridized carbons (Fsp3) is 0.300. The molecule has 72 valence electrons. The van der Waals surface area contributed by atoms with E-state index < -0.39 is 0 Å². The Hall–Kier alpha value is -1.51. The monoisotopic (exact) mass is 181 g/mol. The summed E-state index contributed by atoms with van der Waals surface area (Å²) in [5.41, 5.74) is 2.62. The lowest BCUT2D eigenvalue weighted by Crippen LogP contribution is -2.09. The molecule has 0 unspecified atom stereocenters. The van der Waals surface area contributed by atoms with Gasteiger partial charge < -0.3 is 10.0 Å². The number of para-hydroxylation sites is 1. The number of carboxylic acid groups (broad SMARTS) is 1. The molecule has 0 aliphatic rings. The minimum atomic E-state index is -0.250. The Morgan fingerprint density at radius 1 is 1.31 bits per heavy atom. The van der Waals surface area contributed by atoms with Crippen molar-refractivity contribution in [1.82, 2.24) is 0 Å². The first-order valence-electron chi connectivity index (χ1n) is 3.94. The highest BCUT2D eigenvalue weighted by atomic mass is 16.3. The fourth-order valence-electron chi connectivity index (χ4n) is 1.07. The molecule has 0 aromatic heterocycles. The standard InChI is InChI=1S/C9H13N.CH2O2/c1-8-6-4-5-7-9(8)10(2)3;2-1-3/h4-7H,1-3H3;1H,(H,2,3). The molecule has 0 radical (unpaired) electrons. The van der Waals surface area contributed by atoms with Gasteiger partial charge in [0.25, 0.3) is 6.47 Å². The van der Waals surface area contributed by atoms with Crippen LogP contribution in [0.25, 0.3) is 0 Å². The average Bonchev–Trinajstić information content (AvgIpc) is 2.06. The molecule has 0 saturated carbocycles. The Kier molecular flexibility index (Phi) is 5.35. The molecule has 1 aromatic carbocycles. The number of rotatable bonds is 1. The summed E-state index contributed by atoms with van der Waals surface area (Å²) in [6.07, 6.45) is 0. The van der Waals surface area contributed by atoms with Gasteiger partial charge >= 0.3 is 0 Å². The average molecular weight is 181 g/mol. The van der Waals surface area contributed by atoms with Gasteiger partial charge in [0.15, 0.2) is 0 Å². The normalized spacial score (nSPS) is 8.23. The lowest BCUT2D eigenvalue weighted by atomic mass is 10.2. The Labute approximate surface area is 78.6 Å². The second-order valence-corrected chi connectivity index (χ2v) is 2.79. The van der Waals surface area contributed by atoms with Crippen LogP contribution in [-0.4, -0.2) is 25.7 Å². The van der Waals surface area contributed by atoms with Crippen molar-refractivity contribution in [3.8, 4) is 0 Å². The number of hydrogen-bond donors (Lipinski definition) is 1. The van der Waals surface area contributed by atoms with Crippen molar-refractivity contribution < 1.29 is 9.90 Å². The van der Waals surface area contributed by atoms with E-state index in [0.29, 0.717) is 0 Å². The van der Waals surface area contributed by atoms with Gasteiger partial charge in [-0.25, -0.2) is 0 Å². The van der Waals surface area contributed by atoms with Crippen molar-refractivity contribution >= 4 is 12.2 Å². The van der Waals surface area contributed by atoms with Gasteiger partial charge in [0, 0.05) is 19.8 Å². The summed E-state index contributed by atoms with van der Waals surface area (Å²) >= 11 is 0. The fourth-order valence-corrected chi connectivity index (χ4v) is 1.07. The van der Waals surface area contributed by atoms with Crippen LogP contribution in [-0.2, 0) is 4.79 Å². The summed E-state index contributed by atoms with van der Waals surface area (Å²) < 4.78 is 0. The number of nitrogens with zero attached hydrogens (tertiary/aromatic N) is 1. The lowest BCUT2D eigenvalue weighted by Gasteiger charge is -2.14. The van der Waals surface area contributed by atoms with E-state index in [9.17, 15) is 0 Å². The summed E-state index contributed by atoms with van der Waals surface area (Å²) in [4.78, 5) is 10.5. The Balaban J connectivity index is 0.000000424. The molecule has 0 heterocycles. The van der Waals surface area contributed by atoms with Gasteiger partial charge in [-0.15, -0.1) is 0 Å². The van der Waals surface area contributed by atoms with Gasteiger partial charge in [0.2, 0.25) is 0 Å². The maximum Gasteiger partial charge on any atom is 0.290 e. The molecule has 0 saturated heterocycles. The molecule has 3 nitrogen and oxygen atoms in total. The van der Waals surface area contributed by atoms with Crippen molar-refractivity contribution in [1.29, 1.82) is 0 Å². The van der Waals surface area contributed by atoms with Gasteiger partial charge in [-0.2, -0.15) is 0 Å². The maximum absolute atomic E-state index is 8.36. The highest BCUT2D eigenvalue weighted by Gasteiger charge is 1.95. The smallest absolute Gasteiger partial charge is 0.290 e. The van der Waals surface area contributed by atoms with Crippen LogP contribution in [0.5, 0.6) is 0 Å². The molecule has 1 rings (SSSR count). The van der Waals surface area contributed by atoms with Crippen molar-refractivity contribution in [2.75, 3.05) is 19.0 Å². The molecular formula is C10H15NO2. The van der Waals surface area contributed by atoms with Crippen molar-refractivity contribution in [2.45, 2.75) is 6.92 Å². The summed E-state index contributed by atoms with van der Waals surface area (Å²) in [6, 6.07) is 8.36. The first-order chi connectivity index (χ1) is 6.13. The Bertz CT molecular complexity index is 259. The molecular weight excluding hydrogens is 166 g/mol. The zero-order valence-corrected chi connectivity index (χ0v) is 8.19. The zero-order valence-electron chi connectivity index (χ0n) is 8.19. The van der Waals surface area contributed by atoms with Crippen LogP contribution in [0.2, 0.25) is 0 Å². The predicted octanol–water partition coefficient (Wildman–Crippen LogP) is 1.76. The third kappa shape index (κ3) is 4.15. The molecule has 0 fully saturated rings. The minimum Gasteiger partial charge on any atom is -0.483 e. The topological polar surface area (TPSA) is 40.5 Å². The number of carbonyl (C=O) groups is 1. The zero-order chi connectivity index (χ0) is 10.3. The molecule has 0 spiro atoms. The first-order valence-corrected chi connectivity index (χ1v) is 3.94. The minimum absolute atomic E-state index is 0.250. The van der Waals surface area contributed by atoms with Crippen LogP contribution in [0.1, 0.15) is 5.56 Å². The van der Waals surface area contributed by atoms with Gasteiger partial charge in [-0.1, -0.05) is 18.2 Å². The number of aryl methyl sites for hydroxylation is 1. The van der Waals surface area contributed by atoms with E-state index in [1.165, 1.54) is 11.3 Å². The molecule has 0 bridgehead atoms. The van der Waals surface area contributed by atoms with Crippen LogP contribution in [0.3, 0.4) is 0 Å². The quantitative estimate of drug-likeness (QED) is 0.671. The second-order valence-electron chi connectivity index (χ2n) is 2.79. The summed E-state index contributed by atoms with van der Waals surface area (Å²) in [7, 11) is 4.12. The van der Waals surface area contributed by atoms with Crippen LogP contribution in [0.15, 0.2) is 24.3 Å². The molecule has 13 heavy (non-hydrogen) atoms. The van der Waals surface area contributed by atoms with Gasteiger partial charge in [-0.3, -0.25) is 4.79 Å². The van der Waals surface area contributed by atoms with Gasteiger partial charge in [0.05, 0.1) is 0 Å². The first kappa shape index (κ1) is 11.5. The van der Waals surface area contributed by atoms with Crippen molar-refractivity contribution in [3.63, 3.8) is 0 Å². The number of benzene rings is 1. The predicted molar refractivity (Wildman–Crippen MR) is 54.2 cm³/mol. The summed E-state index contributed by atoms with van der Waals surface area (Å²) in [5, 5.41) is 6.89. The molecule has 1 N–H and O–H groups in total. The maximum atomic E-state index is 8.36. The van der Waals surface area contributed by atoms with Crippen LogP contribution < -0.4 is 4.90 Å². The molecule has 0 atom stereocenters. The van der Waals surface area contributed by atoms with E-state index >= 15 is 0 Å². The van der Waals surface area contributed by atoms with Crippen LogP contribution in [0, 0.1) is 6.92 Å². The summed E-state index contributed by atoms with van der Waals surface area (Å²) in [6.45, 7) is 1.87. The van der Waals surface area contributed by atoms with Gasteiger partial charge in [-0.05, 0) is 18.6 Å². The van der Waals surface area contributed by atoms with E-state index in [0.717, 1.165) is 0 Å². The van der Waals surface area contributed by atoms with E-state index in [-0.39, 0.29) is 6.47 Å². The van der Waals surface area contributed by atoms with E-state index in [2.05, 4.69) is 50.2 Å². The third-order valence-electron chi connectivity index (χ3n) is 1.60. The lowest BCUT2D eigenvalue weighted by molar-refractivity contribution is -0.122. The SMILES string of the molecule is Cc1ccccc1N(C)C.O=CO. The van der Waals surface area contributed by atoms with Crippen molar-refractivity contribution in [2.24, 2.45) is 0 Å². The number of anilines is 1. The van der Waals surface area contributed by atoms with Crippen LogP contribution >= 0.6 is 0 Å². The highest BCUT2D eigenvalue weighted by Crippen LogP contribution is 2.15. The molecule has 1 aromatic rings. The largest absolute Gasteiger partial charge is 0.483 e. The van der Waals surface area contributed by atoms with E-state index in [1.807, 2.05) is 0 Å². The van der Waals surface area contributed by atoms with E-state index in [4.69, 9.17) is 9.90 Å². The molecule has 0 amide bonds. The summed E-state index contributed by atoms with van der Waals surface area (Å²) in [5.74, 6) is 0. The van der Waals surface area contributed by atoms with E-state index in [1.54, 1.807) is 0 Å². The van der Waals surface area contributed by atoms with Crippen molar-refractivity contribution in [3.05, 3.63) is 29.8 Å². The number of hydrogen-bond acceptors (Lipinski definition) is 2. The second kappa shape index (κ2) is 6.06. The van der Waals surface area contributed by atoms with Gasteiger partial charge in [0.1, 0.15) is 0 Å². The molecule has 3 heteroatoms. The highest BCUT2D eigenvalue weighted by molar-refractivity contribution is 5.51. The third-order valence-corrected chi connectivity index (χ3v) is 1.60. The Morgan fingerprint density at radius 2 is 1.77 bits per heavy atom. The van der Waals surface area contributed by atoms with Crippen LogP contribution in [0.4, 0.5) is 5.69 Å². The Morgan fingerprint density at radius 3 is 2.08 bits per heavy atom. The molecule has 0 aliphatic heterocycles.